The number of quaternary nitrogens is 1. The summed E-state index contributed by atoms with van der Waals surface area (Å²) in [6.07, 6.45) is 83.5. The van der Waals surface area contributed by atoms with Crippen molar-refractivity contribution < 1.29 is 32.9 Å². The Morgan fingerprint density at radius 3 is 1.26 bits per heavy atom. The minimum atomic E-state index is -4.63. The monoisotopic (exact) mass is 1040 g/mol. The zero-order valence-electron chi connectivity index (χ0n) is 47.7. The van der Waals surface area contributed by atoms with Gasteiger partial charge in [-0.1, -0.05) is 230 Å². The molecule has 0 radical (unpaired) electrons. The second kappa shape index (κ2) is 54.2. The van der Waals surface area contributed by atoms with Crippen LogP contribution in [0.3, 0.4) is 0 Å². The highest BCUT2D eigenvalue weighted by molar-refractivity contribution is 7.45. The molecule has 0 aromatic rings. The molecule has 0 aliphatic rings. The van der Waals surface area contributed by atoms with Crippen molar-refractivity contribution in [2.75, 3.05) is 40.9 Å². The Morgan fingerprint density at radius 2 is 0.838 bits per heavy atom. The molecule has 0 aliphatic carbocycles. The summed E-state index contributed by atoms with van der Waals surface area (Å²) in [5, 5.41) is 13.8. The normalized spacial score (nSPS) is 15.0. The van der Waals surface area contributed by atoms with E-state index >= 15 is 0 Å². The number of hydrogen-bond acceptors (Lipinski definition) is 6. The van der Waals surface area contributed by atoms with Crippen molar-refractivity contribution in [3.8, 4) is 0 Å². The van der Waals surface area contributed by atoms with Gasteiger partial charge in [-0.2, -0.15) is 0 Å². The second-order valence-corrected chi connectivity index (χ2v) is 21.7. The first-order chi connectivity index (χ1) is 36.0. The summed E-state index contributed by atoms with van der Waals surface area (Å²) in [5.74, 6) is -0.237. The highest BCUT2D eigenvalue weighted by Crippen LogP contribution is 2.38. The van der Waals surface area contributed by atoms with E-state index in [-0.39, 0.29) is 12.5 Å². The topological polar surface area (TPSA) is 108 Å². The lowest BCUT2D eigenvalue weighted by molar-refractivity contribution is -0.870. The first kappa shape index (κ1) is 70.4. The van der Waals surface area contributed by atoms with Crippen molar-refractivity contribution in [1.82, 2.24) is 5.32 Å². The van der Waals surface area contributed by atoms with E-state index in [1.807, 2.05) is 27.2 Å². The van der Waals surface area contributed by atoms with Gasteiger partial charge in [-0.05, 0) is 116 Å². The first-order valence-electron chi connectivity index (χ1n) is 29.2. The number of carbonyl (C=O) groups excluding carboxylic acids is 1. The van der Waals surface area contributed by atoms with Crippen LogP contribution in [-0.2, 0) is 18.4 Å². The summed E-state index contributed by atoms with van der Waals surface area (Å²) < 4.78 is 23.3. The van der Waals surface area contributed by atoms with Crippen molar-refractivity contribution in [3.63, 3.8) is 0 Å². The molecule has 0 saturated heterocycles. The predicted octanol–water partition coefficient (Wildman–Crippen LogP) is 17.5. The van der Waals surface area contributed by atoms with Gasteiger partial charge in [-0.3, -0.25) is 9.36 Å². The molecule has 3 atom stereocenters. The Balaban J connectivity index is 4.35. The molecule has 0 aromatic carbocycles. The Bertz CT molecular complexity index is 1710. The molecule has 2 N–H and O–H groups in total. The third kappa shape index (κ3) is 56.1. The van der Waals surface area contributed by atoms with Crippen molar-refractivity contribution in [1.29, 1.82) is 0 Å². The van der Waals surface area contributed by atoms with Gasteiger partial charge < -0.3 is 28.8 Å². The molecule has 0 aromatic heterocycles. The van der Waals surface area contributed by atoms with Gasteiger partial charge in [0.1, 0.15) is 13.2 Å². The van der Waals surface area contributed by atoms with Gasteiger partial charge in [0.2, 0.25) is 5.91 Å². The summed E-state index contributed by atoms with van der Waals surface area (Å²) in [5.41, 5.74) is 0. The molecule has 0 bridgehead atoms. The summed E-state index contributed by atoms with van der Waals surface area (Å²) in [4.78, 5) is 25.5. The van der Waals surface area contributed by atoms with E-state index in [1.54, 1.807) is 6.08 Å². The SMILES string of the molecule is CC/C=C\C/C=C\C/C=C\C/C=C\C/C=C\C/C=C\C/C=C\C/C=C\C/C=C\CCCCCCCC(=O)NC(COP(=O)([O-])OCC[N+](C)(C)C)C(O)/C=C/CC/C=C/CC/C=C/CCCCCCCCCCC. The first-order valence-corrected chi connectivity index (χ1v) is 30.7. The summed E-state index contributed by atoms with van der Waals surface area (Å²) in [7, 11) is 1.20. The summed E-state index contributed by atoms with van der Waals surface area (Å²) in [6.45, 7) is 4.47. The lowest BCUT2D eigenvalue weighted by Gasteiger charge is -2.29. The van der Waals surface area contributed by atoms with Gasteiger partial charge in [0.25, 0.3) is 7.82 Å². The maximum atomic E-state index is 13.0. The molecule has 420 valence electrons. The average molecular weight is 1050 g/mol. The fraction of sp³-hybridized carbons (Fsp3) is 0.615. The number of aliphatic hydroxyl groups is 1. The predicted molar refractivity (Wildman–Crippen MR) is 320 cm³/mol. The zero-order chi connectivity index (χ0) is 54.2. The number of hydrogen-bond donors (Lipinski definition) is 2. The van der Waals surface area contributed by atoms with Crippen LogP contribution in [0.5, 0.6) is 0 Å². The van der Waals surface area contributed by atoms with Gasteiger partial charge in [-0.25, -0.2) is 0 Å². The molecule has 74 heavy (non-hydrogen) atoms. The molecule has 9 heteroatoms. The van der Waals surface area contributed by atoms with E-state index in [0.717, 1.165) is 122 Å². The number of allylic oxidation sites excluding steroid dienone is 23. The van der Waals surface area contributed by atoms with Crippen LogP contribution in [0.1, 0.15) is 206 Å². The molecule has 8 nitrogen and oxygen atoms in total. The smallest absolute Gasteiger partial charge is 0.268 e. The van der Waals surface area contributed by atoms with Crippen molar-refractivity contribution in [3.05, 3.63) is 146 Å². The third-order valence-electron chi connectivity index (χ3n) is 12.0. The van der Waals surface area contributed by atoms with Crippen LogP contribution in [0.15, 0.2) is 146 Å². The maximum absolute atomic E-state index is 13.0. The average Bonchev–Trinajstić information content (AvgIpc) is 3.36. The molecule has 0 rings (SSSR count). The minimum Gasteiger partial charge on any atom is -0.756 e. The molecule has 0 fully saturated rings. The molecule has 0 heterocycles. The van der Waals surface area contributed by atoms with E-state index in [0.29, 0.717) is 17.4 Å². The Hall–Kier alpha value is -3.62. The van der Waals surface area contributed by atoms with Crippen LogP contribution in [-0.4, -0.2) is 68.5 Å². The summed E-state index contributed by atoms with van der Waals surface area (Å²) >= 11 is 0. The third-order valence-corrected chi connectivity index (χ3v) is 13.0. The number of likely N-dealkylation sites (N-methyl/N-ethyl adjacent to an activating group) is 1. The quantitative estimate of drug-likeness (QED) is 0.0272. The van der Waals surface area contributed by atoms with Gasteiger partial charge in [0, 0.05) is 6.42 Å². The number of nitrogens with zero attached hydrogens (tertiary/aromatic N) is 1. The lowest BCUT2D eigenvalue weighted by Crippen LogP contribution is -2.45. The fourth-order valence-electron chi connectivity index (χ4n) is 7.47. The molecule has 3 unspecified atom stereocenters. The second-order valence-electron chi connectivity index (χ2n) is 20.2. The number of carbonyl (C=O) groups is 1. The van der Waals surface area contributed by atoms with Crippen molar-refractivity contribution in [2.24, 2.45) is 0 Å². The van der Waals surface area contributed by atoms with Crippen LogP contribution in [0.25, 0.3) is 0 Å². The minimum absolute atomic E-state index is 0.0215. The molecule has 0 spiro atoms. The summed E-state index contributed by atoms with van der Waals surface area (Å²) in [6, 6.07) is -0.932. The van der Waals surface area contributed by atoms with Gasteiger partial charge in [0.15, 0.2) is 0 Å². The molecule has 0 aliphatic heterocycles. The van der Waals surface area contributed by atoms with E-state index in [9.17, 15) is 19.4 Å². The number of unbranched alkanes of at least 4 members (excludes halogenated alkanes) is 16. The number of amides is 1. The fourth-order valence-corrected chi connectivity index (χ4v) is 8.19. The maximum Gasteiger partial charge on any atom is 0.268 e. The van der Waals surface area contributed by atoms with E-state index in [1.165, 1.54) is 64.2 Å². The number of aliphatic hydroxyl groups excluding tert-OH is 1. The van der Waals surface area contributed by atoms with Crippen LogP contribution in [0.2, 0.25) is 0 Å². The Kier molecular flexibility index (Phi) is 51.5. The van der Waals surface area contributed by atoms with Crippen LogP contribution >= 0.6 is 7.82 Å². The number of rotatable bonds is 51. The molecular formula is C65H109N2O6P. The largest absolute Gasteiger partial charge is 0.756 e. The Morgan fingerprint density at radius 1 is 0.486 bits per heavy atom. The van der Waals surface area contributed by atoms with Crippen molar-refractivity contribution in [2.45, 2.75) is 219 Å². The highest BCUT2D eigenvalue weighted by Gasteiger charge is 2.23. The number of nitrogens with one attached hydrogen (secondary N) is 1. The molecule has 1 amide bonds. The molecule has 0 saturated carbocycles. The van der Waals surface area contributed by atoms with E-state index in [2.05, 4.69) is 153 Å². The van der Waals surface area contributed by atoms with E-state index in [4.69, 9.17) is 9.05 Å². The molecular weight excluding hydrogens is 936 g/mol. The Labute approximate surface area is 455 Å². The van der Waals surface area contributed by atoms with Crippen LogP contribution in [0.4, 0.5) is 0 Å². The van der Waals surface area contributed by atoms with Crippen LogP contribution in [0, 0.1) is 0 Å². The standard InChI is InChI=1S/C65H109N2O6P/c1-6-8-10-12-14-16-18-20-22-24-26-27-28-29-30-31-32-33-34-35-36-37-38-39-41-43-45-47-49-51-53-55-57-59-65(69)66-63(62-73-74(70,71)72-61-60-67(3,4)5)64(68)58-56-54-52-50-48-46-44-42-40-25-23-21-19-17-15-13-11-9-7-2/h8,10,14,16,20,22,26-27,29-30,32-33,35-36,38-40,42-43,45,48,50,56,58,63-64,68H,6-7,9,11-13,15,17-19,21,23-25,28,31,34,37,41,44,46-47,49,51-55,57,59-62H2,1-5H3,(H-,66,69,70,71)/b10-8-,16-14-,22-20-,27-26-,30-29-,33-32-,36-35-,39-38-,42-40+,45-43-,50-48+,58-56+. The lowest BCUT2D eigenvalue weighted by atomic mass is 10.1. The van der Waals surface area contributed by atoms with Gasteiger partial charge in [-0.15, -0.1) is 0 Å². The number of phosphoric ester groups is 1. The van der Waals surface area contributed by atoms with Gasteiger partial charge in [0.05, 0.1) is 39.9 Å². The van der Waals surface area contributed by atoms with E-state index < -0.39 is 26.6 Å². The van der Waals surface area contributed by atoms with Gasteiger partial charge >= 0.3 is 0 Å². The number of phosphoric acid groups is 1. The van der Waals surface area contributed by atoms with Crippen LogP contribution < -0.4 is 10.2 Å². The highest BCUT2D eigenvalue weighted by atomic mass is 31.2. The zero-order valence-corrected chi connectivity index (χ0v) is 48.6. The van der Waals surface area contributed by atoms with Crippen molar-refractivity contribution >= 4 is 13.7 Å².